The fourth-order valence-electron chi connectivity index (χ4n) is 4.12. The summed E-state index contributed by atoms with van der Waals surface area (Å²) in [4.78, 5) is 32.1. The molecule has 0 spiro atoms. The van der Waals surface area contributed by atoms with E-state index in [4.69, 9.17) is 4.98 Å². The van der Waals surface area contributed by atoms with E-state index in [0.29, 0.717) is 5.82 Å². The summed E-state index contributed by atoms with van der Waals surface area (Å²) in [5.41, 5.74) is 3.98. The van der Waals surface area contributed by atoms with Crippen LogP contribution in [0.15, 0.2) is 47.0 Å². The number of thiazole rings is 1. The van der Waals surface area contributed by atoms with Crippen molar-refractivity contribution in [2.24, 2.45) is 0 Å². The number of H-pyrrole nitrogens is 1. The Kier molecular flexibility index (Phi) is 4.73. The van der Waals surface area contributed by atoms with Gasteiger partial charge in [0.2, 0.25) is 0 Å². The smallest absolute Gasteiger partial charge is 0.251 e. The third-order valence-electron chi connectivity index (χ3n) is 5.57. The molecular weight excluding hydrogens is 384 g/mol. The van der Waals surface area contributed by atoms with Crippen molar-refractivity contribution in [3.63, 3.8) is 0 Å². The van der Waals surface area contributed by atoms with Gasteiger partial charge in [-0.1, -0.05) is 0 Å². The van der Waals surface area contributed by atoms with Gasteiger partial charge in [-0.05, 0) is 38.4 Å². The van der Waals surface area contributed by atoms with Crippen LogP contribution < -0.4 is 5.56 Å². The first-order valence-electron chi connectivity index (χ1n) is 9.82. The number of piperidine rings is 1. The van der Waals surface area contributed by atoms with Gasteiger partial charge in [0.25, 0.3) is 5.56 Å². The van der Waals surface area contributed by atoms with E-state index < -0.39 is 0 Å². The van der Waals surface area contributed by atoms with E-state index in [1.165, 1.54) is 5.69 Å². The van der Waals surface area contributed by atoms with E-state index in [1.54, 1.807) is 29.8 Å². The molecule has 5 heterocycles. The first kappa shape index (κ1) is 18.2. The van der Waals surface area contributed by atoms with E-state index in [2.05, 4.69) is 42.8 Å². The lowest BCUT2D eigenvalue weighted by Crippen LogP contribution is -2.35. The van der Waals surface area contributed by atoms with Crippen molar-refractivity contribution >= 4 is 16.3 Å². The SMILES string of the molecule is Cc1nc2sccn2c1CN1CCCC(c2cc(=O)[nH]c(-c3ccncc3)n2)C1. The monoisotopic (exact) mass is 406 g/mol. The molecule has 1 fully saturated rings. The molecule has 0 aliphatic carbocycles. The van der Waals surface area contributed by atoms with E-state index in [9.17, 15) is 4.79 Å². The molecule has 7 nitrogen and oxygen atoms in total. The largest absolute Gasteiger partial charge is 0.307 e. The topological polar surface area (TPSA) is 79.2 Å². The predicted octanol–water partition coefficient (Wildman–Crippen LogP) is 3.23. The van der Waals surface area contributed by atoms with Crippen LogP contribution in [0, 0.1) is 6.92 Å². The van der Waals surface area contributed by atoms with E-state index in [0.717, 1.165) is 54.4 Å². The van der Waals surface area contributed by atoms with Gasteiger partial charge in [0.1, 0.15) is 5.82 Å². The minimum absolute atomic E-state index is 0.106. The third kappa shape index (κ3) is 3.61. The molecule has 1 aliphatic rings. The van der Waals surface area contributed by atoms with E-state index in [1.807, 2.05) is 12.1 Å². The summed E-state index contributed by atoms with van der Waals surface area (Å²) >= 11 is 1.66. The normalized spacial score (nSPS) is 17.8. The Balaban J connectivity index is 1.40. The molecule has 1 atom stereocenters. The Morgan fingerprint density at radius 2 is 2.14 bits per heavy atom. The average molecular weight is 407 g/mol. The van der Waals surface area contributed by atoms with Crippen molar-refractivity contribution < 1.29 is 0 Å². The third-order valence-corrected chi connectivity index (χ3v) is 6.33. The zero-order valence-electron chi connectivity index (χ0n) is 16.2. The maximum Gasteiger partial charge on any atom is 0.251 e. The van der Waals surface area contributed by atoms with Gasteiger partial charge in [-0.3, -0.25) is 19.1 Å². The highest BCUT2D eigenvalue weighted by atomic mass is 32.1. The van der Waals surface area contributed by atoms with E-state index >= 15 is 0 Å². The Morgan fingerprint density at radius 1 is 1.28 bits per heavy atom. The number of fused-ring (bicyclic) bond motifs is 1. The van der Waals surface area contributed by atoms with Crippen molar-refractivity contribution in [3.05, 3.63) is 69.6 Å². The number of imidazole rings is 1. The molecule has 1 N–H and O–H groups in total. The molecule has 0 aromatic carbocycles. The number of aromatic nitrogens is 5. The first-order valence-corrected chi connectivity index (χ1v) is 10.7. The van der Waals surface area contributed by atoms with Gasteiger partial charge in [-0.25, -0.2) is 9.97 Å². The van der Waals surface area contributed by atoms with Crippen LogP contribution in [0.1, 0.15) is 35.8 Å². The Bertz CT molecular complexity index is 1190. The molecular formula is C21H22N6OS. The predicted molar refractivity (Wildman–Crippen MR) is 113 cm³/mol. The number of nitrogens with one attached hydrogen (secondary N) is 1. The number of pyridine rings is 1. The fourth-order valence-corrected chi connectivity index (χ4v) is 4.89. The number of nitrogens with zero attached hydrogens (tertiary/aromatic N) is 5. The van der Waals surface area contributed by atoms with Crippen LogP contribution in [0.3, 0.4) is 0 Å². The summed E-state index contributed by atoms with van der Waals surface area (Å²) in [7, 11) is 0. The molecule has 0 amide bonds. The molecule has 1 saturated heterocycles. The second-order valence-electron chi connectivity index (χ2n) is 7.53. The van der Waals surface area contributed by atoms with E-state index in [-0.39, 0.29) is 11.5 Å². The summed E-state index contributed by atoms with van der Waals surface area (Å²) in [6.07, 6.45) is 7.65. The molecule has 0 bridgehead atoms. The Labute approximate surface area is 172 Å². The molecule has 29 heavy (non-hydrogen) atoms. The highest BCUT2D eigenvalue weighted by Gasteiger charge is 2.25. The standard InChI is InChI=1S/C21H22N6OS/c1-14-18(27-9-10-29-21(27)23-14)13-26-8-2-3-16(12-26)17-11-19(28)25-20(24-17)15-4-6-22-7-5-15/h4-7,9-11,16H,2-3,8,12-13H2,1H3,(H,24,25,28). The summed E-state index contributed by atoms with van der Waals surface area (Å²) in [5.74, 6) is 0.858. The second-order valence-corrected chi connectivity index (χ2v) is 8.40. The molecule has 4 aromatic heterocycles. The highest BCUT2D eigenvalue weighted by molar-refractivity contribution is 7.15. The number of aromatic amines is 1. The number of hydrogen-bond donors (Lipinski definition) is 1. The zero-order chi connectivity index (χ0) is 19.8. The van der Waals surface area contributed by atoms with Gasteiger partial charge in [0, 0.05) is 54.6 Å². The lowest BCUT2D eigenvalue weighted by molar-refractivity contribution is 0.195. The van der Waals surface area contributed by atoms with Crippen LogP contribution in [-0.2, 0) is 6.54 Å². The maximum atomic E-state index is 12.3. The van der Waals surface area contributed by atoms with Crippen molar-refractivity contribution in [2.75, 3.05) is 13.1 Å². The van der Waals surface area contributed by atoms with Gasteiger partial charge >= 0.3 is 0 Å². The van der Waals surface area contributed by atoms with Crippen molar-refractivity contribution in [2.45, 2.75) is 32.2 Å². The van der Waals surface area contributed by atoms with Crippen LogP contribution in [0.25, 0.3) is 16.3 Å². The summed E-state index contributed by atoms with van der Waals surface area (Å²) in [6, 6.07) is 5.38. The van der Waals surface area contributed by atoms with Gasteiger partial charge in [0.15, 0.2) is 4.96 Å². The minimum atomic E-state index is -0.106. The molecule has 4 aromatic rings. The van der Waals surface area contributed by atoms with Crippen LogP contribution in [0.5, 0.6) is 0 Å². The molecule has 8 heteroatoms. The fraction of sp³-hybridized carbons (Fsp3) is 0.333. The summed E-state index contributed by atoms with van der Waals surface area (Å²) in [5, 5.41) is 2.07. The lowest BCUT2D eigenvalue weighted by Gasteiger charge is -2.32. The quantitative estimate of drug-likeness (QED) is 0.563. The number of aryl methyl sites for hydroxylation is 1. The molecule has 148 valence electrons. The molecule has 1 aliphatic heterocycles. The van der Waals surface area contributed by atoms with Crippen LogP contribution in [0.4, 0.5) is 0 Å². The van der Waals surface area contributed by atoms with Gasteiger partial charge in [0.05, 0.1) is 17.1 Å². The summed E-state index contributed by atoms with van der Waals surface area (Å²) in [6.45, 7) is 4.88. The second kappa shape index (κ2) is 7.53. The molecule has 0 saturated carbocycles. The van der Waals surface area contributed by atoms with Gasteiger partial charge < -0.3 is 4.98 Å². The Hall–Kier alpha value is -2.84. The summed E-state index contributed by atoms with van der Waals surface area (Å²) < 4.78 is 2.19. The van der Waals surface area contributed by atoms with Crippen LogP contribution >= 0.6 is 11.3 Å². The van der Waals surface area contributed by atoms with Crippen LogP contribution in [0.2, 0.25) is 0 Å². The molecule has 0 radical (unpaired) electrons. The first-order chi connectivity index (χ1) is 14.2. The maximum absolute atomic E-state index is 12.3. The lowest BCUT2D eigenvalue weighted by atomic mass is 9.94. The van der Waals surface area contributed by atoms with Gasteiger partial charge in [-0.15, -0.1) is 11.3 Å². The number of likely N-dealkylation sites (tertiary alicyclic amines) is 1. The number of hydrogen-bond acceptors (Lipinski definition) is 6. The molecule has 1 unspecified atom stereocenters. The molecule has 5 rings (SSSR count). The van der Waals surface area contributed by atoms with Crippen LogP contribution in [-0.4, -0.2) is 42.3 Å². The van der Waals surface area contributed by atoms with Crippen molar-refractivity contribution in [1.82, 2.24) is 29.2 Å². The zero-order valence-corrected chi connectivity index (χ0v) is 17.0. The van der Waals surface area contributed by atoms with Crippen molar-refractivity contribution in [3.8, 4) is 11.4 Å². The number of rotatable bonds is 4. The highest BCUT2D eigenvalue weighted by Crippen LogP contribution is 2.28. The van der Waals surface area contributed by atoms with Gasteiger partial charge in [-0.2, -0.15) is 0 Å². The Morgan fingerprint density at radius 3 is 3.00 bits per heavy atom. The minimum Gasteiger partial charge on any atom is -0.307 e. The van der Waals surface area contributed by atoms with Crippen molar-refractivity contribution in [1.29, 1.82) is 0 Å². The average Bonchev–Trinajstić information content (AvgIpc) is 3.31.